The van der Waals surface area contributed by atoms with E-state index in [2.05, 4.69) is 281 Å². The Morgan fingerprint density at radius 3 is 1.39 bits per heavy atom. The maximum atomic E-state index is 5.59. The Bertz CT molecular complexity index is 6240. The van der Waals surface area contributed by atoms with Crippen LogP contribution in [0.3, 0.4) is 0 Å². The van der Waals surface area contributed by atoms with Crippen molar-refractivity contribution < 1.29 is 4.74 Å². The number of aromatic nitrogens is 9. The van der Waals surface area contributed by atoms with Crippen LogP contribution < -0.4 is 16.2 Å². The summed E-state index contributed by atoms with van der Waals surface area (Å²) in [5.41, 5.74) is 31.0. The number of pyridine rings is 3. The molecule has 0 saturated carbocycles. The number of rotatable bonds is 5. The minimum atomic E-state index is 0.577. The van der Waals surface area contributed by atoms with Crippen LogP contribution in [0.15, 0.2) is 322 Å². The van der Waals surface area contributed by atoms with Crippen LogP contribution in [0.2, 0.25) is 5.15 Å². The van der Waals surface area contributed by atoms with Gasteiger partial charge in [-0.05, 0) is 168 Å². The van der Waals surface area contributed by atoms with Gasteiger partial charge in [-0.25, -0.2) is 15.0 Å². The minimum absolute atomic E-state index is 0.577. The second-order valence-electron chi connectivity index (χ2n) is 23.7. The van der Waals surface area contributed by atoms with Gasteiger partial charge in [-0.2, -0.15) is 0 Å². The zero-order chi connectivity index (χ0) is 66.9. The summed E-state index contributed by atoms with van der Waals surface area (Å²) in [6.07, 6.45) is 3.55. The average Bonchev–Trinajstić information content (AvgIpc) is 1.58. The molecule has 0 aliphatic rings. The van der Waals surface area contributed by atoms with Crippen molar-refractivity contribution in [3.63, 3.8) is 0 Å². The van der Waals surface area contributed by atoms with Gasteiger partial charge in [0, 0.05) is 84.2 Å². The number of nitrogens with two attached hydrogens (primary N) is 2. The number of nitrogen functional groups attached to an aromatic ring is 2. The highest BCUT2D eigenvalue weighted by molar-refractivity contribution is 14.1. The molecule has 0 bridgehead atoms. The molecule has 0 unspecified atom stereocenters. The predicted molar refractivity (Wildman–Crippen MR) is 420 cm³/mol. The van der Waals surface area contributed by atoms with E-state index in [1.165, 1.54) is 65.4 Å². The molecule has 0 aliphatic carbocycles. The fraction of sp³-hybridized carbons (Fsp3) is 0.0118. The van der Waals surface area contributed by atoms with Gasteiger partial charge < -0.3 is 34.9 Å². The average molecular weight is 1410 g/mol. The number of anilines is 2. The monoisotopic (exact) mass is 1410 g/mol. The maximum absolute atomic E-state index is 5.59. The molecule has 0 fully saturated rings. The molecule has 0 radical (unpaired) electrons. The molecule has 14 heteroatoms. The summed E-state index contributed by atoms with van der Waals surface area (Å²) < 4.78 is 15.6. The zero-order valence-corrected chi connectivity index (χ0v) is 56.4. The van der Waals surface area contributed by atoms with Gasteiger partial charge in [0.1, 0.15) is 22.4 Å². The molecule has 99 heavy (non-hydrogen) atoms. The Kier molecular flexibility index (Phi) is 16.6. The van der Waals surface area contributed by atoms with Gasteiger partial charge in [0.15, 0.2) is 0 Å². The van der Waals surface area contributed by atoms with Crippen molar-refractivity contribution in [3.05, 3.63) is 331 Å². The quantitative estimate of drug-likeness (QED) is 0.0673. The van der Waals surface area contributed by atoms with Crippen molar-refractivity contribution in [2.75, 3.05) is 18.6 Å². The van der Waals surface area contributed by atoms with Crippen LogP contribution in [-0.2, 0) is 0 Å². The van der Waals surface area contributed by atoms with E-state index in [-0.39, 0.29) is 0 Å². The molecule has 8 aromatic heterocycles. The second-order valence-corrected chi connectivity index (χ2v) is 25.3. The Morgan fingerprint density at radius 2 is 0.838 bits per heavy atom. The first-order chi connectivity index (χ1) is 48.8. The number of aromatic amines is 1. The zero-order valence-electron chi connectivity index (χ0n) is 53.5. The summed E-state index contributed by atoms with van der Waals surface area (Å²) in [6, 6.07) is 106. The normalized spacial score (nSPS) is 11.3. The van der Waals surface area contributed by atoms with E-state index >= 15 is 0 Å². The summed E-state index contributed by atoms with van der Waals surface area (Å²) in [6.45, 7) is 0. The highest BCUT2D eigenvalue weighted by atomic mass is 127. The summed E-state index contributed by atoms with van der Waals surface area (Å²) >= 11 is 7.72. The van der Waals surface area contributed by atoms with Gasteiger partial charge in [0.2, 0.25) is 0 Å². The predicted octanol–water partition coefficient (Wildman–Crippen LogP) is 21.6. The van der Waals surface area contributed by atoms with Crippen molar-refractivity contribution >= 4 is 161 Å². The van der Waals surface area contributed by atoms with E-state index in [9.17, 15) is 0 Å². The third-order valence-electron chi connectivity index (χ3n) is 17.9. The molecular formula is C85H61ClIN11O. The lowest BCUT2D eigenvalue weighted by molar-refractivity contribution is 0.415. The van der Waals surface area contributed by atoms with Crippen LogP contribution in [-0.4, -0.2) is 50.1 Å². The summed E-state index contributed by atoms with van der Waals surface area (Å²) in [7, 11) is 1.71. The fourth-order valence-corrected chi connectivity index (χ4v) is 13.8. The fourth-order valence-electron chi connectivity index (χ4n) is 13.4. The number of H-pyrrole nitrogens is 1. The number of hydrogen-bond donors (Lipinski definition) is 3. The Labute approximate surface area is 587 Å². The Balaban J connectivity index is 0.000000106. The maximum Gasteiger partial charge on any atom is 0.146 e. The van der Waals surface area contributed by atoms with Gasteiger partial charge in [-0.1, -0.05) is 169 Å². The molecule has 0 amide bonds. The minimum Gasteiger partial charge on any atom is -0.497 e. The van der Waals surface area contributed by atoms with Crippen LogP contribution in [0.1, 0.15) is 0 Å². The molecule has 0 saturated heterocycles. The van der Waals surface area contributed by atoms with Crippen LogP contribution in [0, 0.1) is 3.57 Å². The van der Waals surface area contributed by atoms with Gasteiger partial charge >= 0.3 is 0 Å². The molecule has 5 N–H and O–H groups in total. The number of halogens is 2. The van der Waals surface area contributed by atoms with Crippen molar-refractivity contribution in [3.8, 4) is 34.2 Å². The lowest BCUT2D eigenvalue weighted by atomic mass is 10.1. The lowest BCUT2D eigenvalue weighted by Gasteiger charge is -2.10. The van der Waals surface area contributed by atoms with Gasteiger partial charge in [0.05, 0.1) is 88.3 Å². The largest absolute Gasteiger partial charge is 0.497 e. The molecule has 476 valence electrons. The number of ether oxygens (including phenoxy) is 1. The number of nitrogens with zero attached hydrogens (tertiary/aromatic N) is 8. The van der Waals surface area contributed by atoms with Gasteiger partial charge in [0.25, 0.3) is 0 Å². The van der Waals surface area contributed by atoms with Crippen molar-refractivity contribution in [2.24, 2.45) is 0 Å². The van der Waals surface area contributed by atoms with Crippen molar-refractivity contribution in [1.82, 2.24) is 43.0 Å². The van der Waals surface area contributed by atoms with Crippen LogP contribution in [0.5, 0.6) is 5.75 Å². The first-order valence-corrected chi connectivity index (χ1v) is 33.8. The van der Waals surface area contributed by atoms with E-state index in [0.717, 1.165) is 87.3 Å². The Morgan fingerprint density at radius 1 is 0.374 bits per heavy atom. The number of fused-ring (bicyclic) bond motifs is 18. The third kappa shape index (κ3) is 11.6. The van der Waals surface area contributed by atoms with E-state index in [1.807, 2.05) is 72.9 Å². The third-order valence-corrected chi connectivity index (χ3v) is 19.4. The highest BCUT2D eigenvalue weighted by Crippen LogP contribution is 2.41. The highest BCUT2D eigenvalue weighted by Gasteiger charge is 2.20. The molecule has 20 rings (SSSR count). The first-order valence-electron chi connectivity index (χ1n) is 32.3. The molecule has 12 aromatic carbocycles. The number of nitrogens with one attached hydrogen (secondary N) is 1. The molecular weight excluding hydrogens is 1350 g/mol. The second kappa shape index (κ2) is 26.7. The summed E-state index contributed by atoms with van der Waals surface area (Å²) in [5.74, 6) is 1.77. The number of para-hydroxylation sites is 12. The van der Waals surface area contributed by atoms with Crippen LogP contribution in [0.4, 0.5) is 11.4 Å². The first kappa shape index (κ1) is 61.6. The Hall–Kier alpha value is -12.3. The number of methoxy groups -OCH3 is 1. The molecule has 0 atom stereocenters. The topological polar surface area (TPSA) is 148 Å². The summed E-state index contributed by atoms with van der Waals surface area (Å²) in [5, 5.41) is 10.3. The molecule has 0 spiro atoms. The van der Waals surface area contributed by atoms with Crippen molar-refractivity contribution in [1.29, 1.82) is 0 Å². The van der Waals surface area contributed by atoms with Crippen LogP contribution >= 0.6 is 34.2 Å². The number of benzene rings is 12. The number of imidazole rings is 2. The lowest BCUT2D eigenvalue weighted by Crippen LogP contribution is -1.95. The molecule has 12 nitrogen and oxygen atoms in total. The van der Waals surface area contributed by atoms with Crippen molar-refractivity contribution in [2.45, 2.75) is 0 Å². The van der Waals surface area contributed by atoms with Crippen LogP contribution in [0.25, 0.3) is 143 Å². The van der Waals surface area contributed by atoms with Gasteiger partial charge in [-0.15, -0.1) is 0 Å². The molecule has 0 aliphatic heterocycles. The van der Waals surface area contributed by atoms with E-state index in [0.29, 0.717) is 16.5 Å². The smallest absolute Gasteiger partial charge is 0.146 e. The molecule has 20 aromatic rings. The van der Waals surface area contributed by atoms with E-state index in [1.54, 1.807) is 25.4 Å². The standard InChI is InChI=1S/C30H18N4.C25H17N3.C19H15NO.C6H8N2.C5H3ClIN/c1-2-9-19(10-3-1)33-25-13-6-4-11-20(25)21-17-22-23(18-28(21)33)30-32-24-12-5-7-14-26(24)34(30)27-15-8-16-31-29(22)27;1-2-8-18(9-3-1)28-23-13-7-4-10-19(23)20-15-14-17(16-24(20)28)25-26-21-11-5-6-12-22(21)27-25;1-21-15-11-12-17-16-9-5-6-10-18(16)20(19(17)13-15)14-7-3-2-4-8-14;7-5-3-1-2-4-6(5)8;6-5-4(7)2-1-3-8-5/h1-18H;1-16H,(H,26,27);2-13H,1H3;1-4H,7-8H2;1-3H. The van der Waals surface area contributed by atoms with Gasteiger partial charge in [-0.3, -0.25) is 9.38 Å². The van der Waals surface area contributed by atoms with E-state index < -0.39 is 0 Å². The van der Waals surface area contributed by atoms with E-state index in [4.69, 9.17) is 42.8 Å². The SMILES string of the molecule is COc1ccc2c3ccccc3n(-c3ccccc3)c2c1.Clc1ncccc1I.Nc1ccccc1N.c1ccc(-n2c3ccccc3c3cc4c(cc32)c2nc3ccccc3n2c2cccnc42)cc1.c1ccc(-n2c3ccccc3c3ccc(-c4nc5ccccc5[nH]4)cc32)cc1. The molecule has 8 heterocycles. The number of hydrogen-bond acceptors (Lipinski definition) is 7. The summed E-state index contributed by atoms with van der Waals surface area (Å²) in [4.78, 5) is 22.0.